The second-order valence-corrected chi connectivity index (χ2v) is 8.15. The van der Waals surface area contributed by atoms with E-state index < -0.39 is 6.10 Å². The second kappa shape index (κ2) is 7.90. The molecule has 1 fully saturated rings. The largest absolute Gasteiger partial charge is 0.482 e. The number of imide groups is 1. The fraction of sp³-hybridized carbons (Fsp3) is 0.320. The van der Waals surface area contributed by atoms with Crippen LogP contribution in [0.15, 0.2) is 60.7 Å². The summed E-state index contributed by atoms with van der Waals surface area (Å²) in [5.74, 6) is -0.582. The molecule has 1 saturated heterocycles. The zero-order valence-electron chi connectivity index (χ0n) is 17.4. The lowest BCUT2D eigenvalue weighted by Gasteiger charge is -2.22. The van der Waals surface area contributed by atoms with E-state index >= 15 is 0 Å². The molecule has 2 aromatic rings. The third-order valence-corrected chi connectivity index (χ3v) is 5.97. The second-order valence-electron chi connectivity index (χ2n) is 8.15. The van der Waals surface area contributed by atoms with Gasteiger partial charge in [0.1, 0.15) is 5.75 Å². The van der Waals surface area contributed by atoms with Crippen LogP contribution in [0.2, 0.25) is 0 Å². The van der Waals surface area contributed by atoms with Crippen LogP contribution in [-0.4, -0.2) is 23.7 Å². The molecule has 0 radical (unpaired) electrons. The Bertz CT molecular complexity index is 1020. The van der Waals surface area contributed by atoms with Crippen LogP contribution in [0.1, 0.15) is 36.2 Å². The van der Waals surface area contributed by atoms with Gasteiger partial charge in [-0.15, -0.1) is 0 Å². The number of anilines is 1. The highest BCUT2D eigenvalue weighted by Crippen LogP contribution is 2.41. The van der Waals surface area contributed by atoms with Crippen molar-refractivity contribution in [3.05, 3.63) is 71.8 Å². The fourth-order valence-electron chi connectivity index (χ4n) is 4.31. The molecule has 0 spiro atoms. The van der Waals surface area contributed by atoms with Crippen molar-refractivity contribution in [2.75, 3.05) is 4.90 Å². The lowest BCUT2D eigenvalue weighted by atomic mass is 9.78. The number of rotatable bonds is 5. The number of ether oxygens (including phenoxy) is 1. The van der Waals surface area contributed by atoms with E-state index in [2.05, 4.69) is 0 Å². The zero-order valence-corrected chi connectivity index (χ0v) is 17.4. The molecular formula is C25H25NO4. The molecule has 154 valence electrons. The SMILES string of the molecule is Cc1ccc(C(=O)[C@H](C)Oc2cccc(N3C(=O)[C@H]4[C@@H](C)C=CC[C@H]4C3=O)c2)cc1. The Morgan fingerprint density at radius 1 is 1.10 bits per heavy atom. The lowest BCUT2D eigenvalue weighted by Crippen LogP contribution is -2.31. The van der Waals surface area contributed by atoms with E-state index in [1.54, 1.807) is 43.3 Å². The summed E-state index contributed by atoms with van der Waals surface area (Å²) in [7, 11) is 0. The van der Waals surface area contributed by atoms with E-state index in [0.29, 0.717) is 23.4 Å². The molecule has 1 aliphatic carbocycles. The summed E-state index contributed by atoms with van der Waals surface area (Å²) >= 11 is 0. The Morgan fingerprint density at radius 3 is 2.53 bits per heavy atom. The van der Waals surface area contributed by atoms with Gasteiger partial charge in [0.15, 0.2) is 6.10 Å². The molecule has 30 heavy (non-hydrogen) atoms. The van der Waals surface area contributed by atoms with Crippen LogP contribution in [0.5, 0.6) is 5.75 Å². The first kappa shape index (κ1) is 20.1. The first-order valence-electron chi connectivity index (χ1n) is 10.3. The molecule has 1 heterocycles. The van der Waals surface area contributed by atoms with Gasteiger partial charge in [-0.3, -0.25) is 14.4 Å². The number of aryl methyl sites for hydroxylation is 1. The van der Waals surface area contributed by atoms with Crippen LogP contribution in [-0.2, 0) is 9.59 Å². The summed E-state index contributed by atoms with van der Waals surface area (Å²) in [6, 6.07) is 14.2. The van der Waals surface area contributed by atoms with E-state index in [1.807, 2.05) is 38.1 Å². The summed E-state index contributed by atoms with van der Waals surface area (Å²) in [6.45, 7) is 5.64. The molecule has 2 amide bonds. The van der Waals surface area contributed by atoms with Gasteiger partial charge in [0, 0.05) is 11.6 Å². The smallest absolute Gasteiger partial charge is 0.238 e. The minimum absolute atomic E-state index is 0.0387. The highest BCUT2D eigenvalue weighted by Gasteiger charge is 2.50. The van der Waals surface area contributed by atoms with Crippen molar-refractivity contribution in [1.29, 1.82) is 0 Å². The Kier molecular flexibility index (Phi) is 5.29. The van der Waals surface area contributed by atoms with Gasteiger partial charge in [0.25, 0.3) is 0 Å². The number of ketones is 1. The molecule has 1 aliphatic heterocycles. The minimum atomic E-state index is -0.695. The topological polar surface area (TPSA) is 63.7 Å². The van der Waals surface area contributed by atoms with Crippen LogP contribution in [0, 0.1) is 24.7 Å². The monoisotopic (exact) mass is 403 g/mol. The average molecular weight is 403 g/mol. The Hall–Kier alpha value is -3.21. The van der Waals surface area contributed by atoms with Crippen LogP contribution in [0.3, 0.4) is 0 Å². The summed E-state index contributed by atoms with van der Waals surface area (Å²) in [4.78, 5) is 39.9. The number of hydrogen-bond acceptors (Lipinski definition) is 4. The molecule has 5 nitrogen and oxygen atoms in total. The number of carbonyl (C=O) groups excluding carboxylic acids is 3. The highest BCUT2D eigenvalue weighted by molar-refractivity contribution is 6.22. The quantitative estimate of drug-likeness (QED) is 0.423. The molecule has 4 rings (SSSR count). The van der Waals surface area contributed by atoms with Gasteiger partial charge in [-0.1, -0.05) is 55.0 Å². The van der Waals surface area contributed by atoms with Gasteiger partial charge in [0.2, 0.25) is 17.6 Å². The van der Waals surface area contributed by atoms with E-state index in [0.717, 1.165) is 5.56 Å². The van der Waals surface area contributed by atoms with Gasteiger partial charge in [-0.05, 0) is 38.3 Å². The van der Waals surface area contributed by atoms with Gasteiger partial charge in [-0.2, -0.15) is 0 Å². The molecule has 5 heteroatoms. The summed E-state index contributed by atoms with van der Waals surface area (Å²) in [5.41, 5.74) is 2.15. The molecule has 0 bridgehead atoms. The number of benzene rings is 2. The number of amides is 2. The van der Waals surface area contributed by atoms with Crippen LogP contribution in [0.4, 0.5) is 5.69 Å². The van der Waals surface area contributed by atoms with Crippen molar-refractivity contribution >= 4 is 23.3 Å². The third kappa shape index (κ3) is 3.56. The number of fused-ring (bicyclic) bond motifs is 1. The first-order chi connectivity index (χ1) is 14.4. The molecular weight excluding hydrogens is 378 g/mol. The zero-order chi connectivity index (χ0) is 21.4. The summed E-state index contributed by atoms with van der Waals surface area (Å²) in [6.07, 6.45) is 3.89. The van der Waals surface area contributed by atoms with Crippen molar-refractivity contribution < 1.29 is 19.1 Å². The van der Waals surface area contributed by atoms with E-state index in [9.17, 15) is 14.4 Å². The normalized spacial score (nSPS) is 24.0. The highest BCUT2D eigenvalue weighted by atomic mass is 16.5. The maximum Gasteiger partial charge on any atom is 0.238 e. The summed E-state index contributed by atoms with van der Waals surface area (Å²) in [5, 5.41) is 0. The average Bonchev–Trinajstić information content (AvgIpc) is 2.99. The Morgan fingerprint density at radius 2 is 1.83 bits per heavy atom. The first-order valence-corrected chi connectivity index (χ1v) is 10.3. The number of hydrogen-bond donors (Lipinski definition) is 0. The minimum Gasteiger partial charge on any atom is -0.482 e. The lowest BCUT2D eigenvalue weighted by molar-refractivity contribution is -0.122. The van der Waals surface area contributed by atoms with Crippen molar-refractivity contribution in [3.8, 4) is 5.75 Å². The predicted octanol–water partition coefficient (Wildman–Crippen LogP) is 4.35. The predicted molar refractivity (Wildman–Crippen MR) is 114 cm³/mol. The molecule has 0 N–H and O–H groups in total. The van der Waals surface area contributed by atoms with Crippen molar-refractivity contribution in [3.63, 3.8) is 0 Å². The van der Waals surface area contributed by atoms with Crippen LogP contribution in [0.25, 0.3) is 0 Å². The number of carbonyl (C=O) groups is 3. The number of nitrogens with zero attached hydrogens (tertiary/aromatic N) is 1. The van der Waals surface area contributed by atoms with Gasteiger partial charge in [0.05, 0.1) is 17.5 Å². The molecule has 0 aromatic heterocycles. The molecule has 0 unspecified atom stereocenters. The van der Waals surface area contributed by atoms with Crippen molar-refractivity contribution in [2.24, 2.45) is 17.8 Å². The van der Waals surface area contributed by atoms with Gasteiger partial charge in [-0.25, -0.2) is 4.90 Å². The van der Waals surface area contributed by atoms with E-state index in [-0.39, 0.29) is 35.4 Å². The Balaban J connectivity index is 1.53. The van der Waals surface area contributed by atoms with E-state index in [4.69, 9.17) is 4.74 Å². The molecule has 0 saturated carbocycles. The van der Waals surface area contributed by atoms with E-state index in [1.165, 1.54) is 4.90 Å². The number of Topliss-reactive ketones (excluding diaryl/α,β-unsaturated/α-hetero) is 1. The van der Waals surface area contributed by atoms with Crippen molar-refractivity contribution in [1.82, 2.24) is 0 Å². The third-order valence-electron chi connectivity index (χ3n) is 5.97. The van der Waals surface area contributed by atoms with Crippen LogP contribution < -0.4 is 9.64 Å². The van der Waals surface area contributed by atoms with Crippen molar-refractivity contribution in [2.45, 2.75) is 33.3 Å². The molecule has 4 atom stereocenters. The standard InChI is InChI=1S/C25H25NO4/c1-15-10-12-18(13-11-15)23(27)17(3)30-20-8-5-7-19(14-20)26-24(28)21-9-4-6-16(2)22(21)25(26)29/h4-8,10-14,16-17,21-22H,9H2,1-3H3/t16-,17-,21+,22-/m0/s1. The fourth-order valence-corrected chi connectivity index (χ4v) is 4.31. The maximum atomic E-state index is 13.0. The summed E-state index contributed by atoms with van der Waals surface area (Å²) < 4.78 is 5.86. The molecule has 2 aromatic carbocycles. The Labute approximate surface area is 176 Å². The van der Waals surface area contributed by atoms with Crippen LogP contribution >= 0.6 is 0 Å². The van der Waals surface area contributed by atoms with Gasteiger partial charge >= 0.3 is 0 Å². The maximum absolute atomic E-state index is 13.0. The number of allylic oxidation sites excluding steroid dienone is 2. The van der Waals surface area contributed by atoms with Gasteiger partial charge < -0.3 is 4.74 Å². The molecule has 2 aliphatic rings.